The van der Waals surface area contributed by atoms with Crippen molar-refractivity contribution in [2.45, 2.75) is 22.6 Å². The number of carbonyl (C=O) groups is 3. The number of thioether (sulfide) groups is 1. The molecule has 2 aromatic carbocycles. The van der Waals surface area contributed by atoms with Gasteiger partial charge in [-0.05, 0) is 54.0 Å². The van der Waals surface area contributed by atoms with Crippen molar-refractivity contribution < 1.29 is 24.2 Å². The van der Waals surface area contributed by atoms with Crippen molar-refractivity contribution in [2.75, 3.05) is 6.54 Å². The number of carbonyl (C=O) groups excluding carboxylic acids is 2. The first-order valence-corrected chi connectivity index (χ1v) is 13.9. The van der Waals surface area contributed by atoms with Gasteiger partial charge in [0, 0.05) is 16.0 Å². The number of aliphatic carboxylic acids is 1. The van der Waals surface area contributed by atoms with Crippen molar-refractivity contribution in [3.8, 4) is 11.5 Å². The third-order valence-electron chi connectivity index (χ3n) is 8.30. The van der Waals surface area contributed by atoms with Crippen molar-refractivity contribution in [3.05, 3.63) is 74.7 Å². The molecule has 4 aliphatic rings. The normalized spacial score (nSPS) is 31.2. The molecule has 7 atom stereocenters. The summed E-state index contributed by atoms with van der Waals surface area (Å²) in [5.41, 5.74) is 1.00. The SMILES string of the molecule is O=C(O)CN1C(=O)[C@@H]2[C@H]3C[C@@H]([C@@H]2C1=O)[C@@H]1[C@@H](c2cccc(Oc4ccccc4)c2)c2sc(=O)[nH]c2S[C@@H]31. The summed E-state index contributed by atoms with van der Waals surface area (Å²) in [4.78, 5) is 55.0. The molecule has 2 saturated carbocycles. The van der Waals surface area contributed by atoms with Crippen LogP contribution in [0.4, 0.5) is 0 Å². The number of aromatic amines is 1. The number of fused-ring (bicyclic) bond motifs is 9. The summed E-state index contributed by atoms with van der Waals surface area (Å²) in [5, 5.41) is 10.2. The molecule has 1 aromatic heterocycles. The van der Waals surface area contributed by atoms with Crippen LogP contribution >= 0.6 is 23.1 Å². The fraction of sp³-hybridized carbons (Fsp3) is 0.333. The van der Waals surface area contributed by atoms with Crippen molar-refractivity contribution in [2.24, 2.45) is 29.6 Å². The number of H-pyrrole nitrogens is 1. The summed E-state index contributed by atoms with van der Waals surface area (Å²) in [7, 11) is 0. The number of ether oxygens (including phenoxy) is 1. The molecular formula is C27H22N2O6S2. The molecule has 8 nitrogen and oxygen atoms in total. The molecule has 0 radical (unpaired) electrons. The minimum absolute atomic E-state index is 0.0388. The zero-order chi connectivity index (χ0) is 25.4. The van der Waals surface area contributed by atoms with Gasteiger partial charge < -0.3 is 14.8 Å². The second-order valence-electron chi connectivity index (χ2n) is 10.1. The number of nitrogens with one attached hydrogen (secondary N) is 1. The van der Waals surface area contributed by atoms with Gasteiger partial charge >= 0.3 is 10.8 Å². The van der Waals surface area contributed by atoms with Gasteiger partial charge in [-0.3, -0.25) is 24.1 Å². The molecule has 2 amide bonds. The van der Waals surface area contributed by atoms with E-state index in [2.05, 4.69) is 4.98 Å². The van der Waals surface area contributed by atoms with E-state index >= 15 is 0 Å². The smallest absolute Gasteiger partial charge is 0.323 e. The number of para-hydroxylation sites is 1. The largest absolute Gasteiger partial charge is 0.480 e. The Balaban J connectivity index is 1.29. The number of imide groups is 1. The number of hydrogen-bond donors (Lipinski definition) is 2. The van der Waals surface area contributed by atoms with E-state index in [1.165, 1.54) is 11.3 Å². The van der Waals surface area contributed by atoms with Gasteiger partial charge in [0.15, 0.2) is 0 Å². The molecule has 10 heteroatoms. The summed E-state index contributed by atoms with van der Waals surface area (Å²) >= 11 is 2.81. The highest BCUT2D eigenvalue weighted by atomic mass is 32.2. The Bertz CT molecular complexity index is 1500. The summed E-state index contributed by atoms with van der Waals surface area (Å²) in [6.45, 7) is -0.588. The maximum atomic E-state index is 13.3. The predicted molar refractivity (Wildman–Crippen MR) is 136 cm³/mol. The molecule has 3 heterocycles. The number of hydrogen-bond acceptors (Lipinski definition) is 7. The predicted octanol–water partition coefficient (Wildman–Crippen LogP) is 3.79. The van der Waals surface area contributed by atoms with Crippen LogP contribution in [0.2, 0.25) is 0 Å². The Morgan fingerprint density at radius 1 is 1.00 bits per heavy atom. The van der Waals surface area contributed by atoms with E-state index in [0.717, 1.165) is 32.5 Å². The number of carboxylic acid groups (broad SMARTS) is 1. The second kappa shape index (κ2) is 8.32. The van der Waals surface area contributed by atoms with Crippen LogP contribution in [-0.2, 0) is 14.4 Å². The van der Waals surface area contributed by atoms with Crippen LogP contribution in [0.25, 0.3) is 0 Å². The summed E-state index contributed by atoms with van der Waals surface area (Å²) in [5.74, 6) is -1.66. The lowest BCUT2D eigenvalue weighted by Gasteiger charge is -2.43. The topological polar surface area (TPSA) is 117 Å². The number of rotatable bonds is 5. The molecule has 1 saturated heterocycles. The van der Waals surface area contributed by atoms with E-state index in [0.29, 0.717) is 5.75 Å². The molecule has 37 heavy (non-hydrogen) atoms. The average Bonchev–Trinajstić information content (AvgIpc) is 3.60. The third-order valence-corrected chi connectivity index (χ3v) is 10.9. The Morgan fingerprint density at radius 2 is 1.73 bits per heavy atom. The van der Waals surface area contributed by atoms with Crippen LogP contribution < -0.4 is 9.61 Å². The van der Waals surface area contributed by atoms with Gasteiger partial charge in [-0.15, -0.1) is 11.8 Å². The van der Waals surface area contributed by atoms with Gasteiger partial charge in [-0.2, -0.15) is 0 Å². The van der Waals surface area contributed by atoms with Gasteiger partial charge in [0.05, 0.1) is 16.9 Å². The molecule has 0 unspecified atom stereocenters. The maximum absolute atomic E-state index is 13.3. The Hall–Kier alpha value is -3.37. The molecular weight excluding hydrogens is 512 g/mol. The molecule has 3 fully saturated rings. The van der Waals surface area contributed by atoms with Crippen LogP contribution in [-0.4, -0.2) is 44.6 Å². The van der Waals surface area contributed by atoms with Gasteiger partial charge in [0.1, 0.15) is 18.0 Å². The number of nitrogens with zero attached hydrogens (tertiary/aromatic N) is 1. The third kappa shape index (κ3) is 3.42. The summed E-state index contributed by atoms with van der Waals surface area (Å²) in [6, 6.07) is 17.4. The van der Waals surface area contributed by atoms with Gasteiger partial charge in [0.25, 0.3) is 0 Å². The van der Waals surface area contributed by atoms with Crippen LogP contribution in [0, 0.1) is 29.6 Å². The van der Waals surface area contributed by atoms with Crippen molar-refractivity contribution in [1.29, 1.82) is 0 Å². The Morgan fingerprint density at radius 3 is 2.49 bits per heavy atom. The molecule has 2 aliphatic carbocycles. The number of likely N-dealkylation sites (tertiary alicyclic amines) is 1. The second-order valence-corrected chi connectivity index (χ2v) is 12.3. The number of thiazole rings is 1. The van der Waals surface area contributed by atoms with E-state index in [1.54, 1.807) is 11.8 Å². The standard InChI is InChI=1S/C27H22N2O6S2/c30-17(31)11-29-25(32)20-15-10-16(21(20)26(29)33)22-19(15)18(23-24(36-22)28-27(34)37-23)12-5-4-8-14(9-12)35-13-6-2-1-3-7-13/h1-9,15-16,18-22H,10-11H2,(H,28,34)(H,30,31)/t15-,16-,18-,19-,20+,21-,22+/m1/s1. The van der Waals surface area contributed by atoms with E-state index in [1.807, 2.05) is 54.6 Å². The Labute approximate surface area is 219 Å². The van der Waals surface area contributed by atoms with Crippen LogP contribution in [0.1, 0.15) is 22.8 Å². The molecule has 2 bridgehead atoms. The first kappa shape index (κ1) is 22.8. The first-order chi connectivity index (χ1) is 17.9. The molecule has 2 aliphatic heterocycles. The van der Waals surface area contributed by atoms with Crippen molar-refractivity contribution in [1.82, 2.24) is 9.88 Å². The number of aromatic nitrogens is 1. The van der Waals surface area contributed by atoms with E-state index in [9.17, 15) is 24.3 Å². The lowest BCUT2D eigenvalue weighted by Crippen LogP contribution is -2.42. The lowest BCUT2D eigenvalue weighted by molar-refractivity contribution is -0.149. The average molecular weight is 535 g/mol. The van der Waals surface area contributed by atoms with Crippen LogP contribution in [0.15, 0.2) is 64.4 Å². The molecule has 0 spiro atoms. The molecule has 2 N–H and O–H groups in total. The molecule has 3 aromatic rings. The van der Waals surface area contributed by atoms with Gasteiger partial charge in [-0.25, -0.2) is 0 Å². The highest BCUT2D eigenvalue weighted by Crippen LogP contribution is 2.68. The van der Waals surface area contributed by atoms with Crippen molar-refractivity contribution >= 4 is 40.9 Å². The highest BCUT2D eigenvalue weighted by molar-refractivity contribution is 8.00. The van der Waals surface area contributed by atoms with Gasteiger partial charge in [-0.1, -0.05) is 41.7 Å². The first-order valence-electron chi connectivity index (χ1n) is 12.2. The van der Waals surface area contributed by atoms with Gasteiger partial charge in [0.2, 0.25) is 11.8 Å². The Kier molecular flexibility index (Phi) is 5.13. The summed E-state index contributed by atoms with van der Waals surface area (Å²) < 4.78 is 6.10. The fourth-order valence-electron chi connectivity index (χ4n) is 7.14. The number of carboxylic acids is 1. The van der Waals surface area contributed by atoms with Crippen molar-refractivity contribution in [3.63, 3.8) is 0 Å². The number of benzene rings is 2. The monoisotopic (exact) mass is 534 g/mol. The lowest BCUT2D eigenvalue weighted by atomic mass is 9.68. The maximum Gasteiger partial charge on any atom is 0.323 e. The van der Waals surface area contributed by atoms with E-state index < -0.39 is 24.3 Å². The molecule has 7 rings (SSSR count). The van der Waals surface area contributed by atoms with E-state index in [4.69, 9.17) is 4.74 Å². The highest BCUT2D eigenvalue weighted by Gasteiger charge is 2.69. The quantitative estimate of drug-likeness (QED) is 0.479. The molecule has 188 valence electrons. The van der Waals surface area contributed by atoms with E-state index in [-0.39, 0.29) is 45.6 Å². The summed E-state index contributed by atoms with van der Waals surface area (Å²) in [6.07, 6.45) is 0.756. The number of amides is 2. The zero-order valence-corrected chi connectivity index (χ0v) is 21.0. The minimum atomic E-state index is -1.19. The van der Waals surface area contributed by atoms with Crippen LogP contribution in [0.5, 0.6) is 11.5 Å². The van der Waals surface area contributed by atoms with Crippen LogP contribution in [0.3, 0.4) is 0 Å². The fourth-order valence-corrected chi connectivity index (χ4v) is 10.0. The zero-order valence-electron chi connectivity index (χ0n) is 19.4. The minimum Gasteiger partial charge on any atom is -0.480 e.